The van der Waals surface area contributed by atoms with Gasteiger partial charge in [-0.1, -0.05) is 0 Å². The number of nitrogens with two attached hydrogens (primary N) is 3. The Morgan fingerprint density at radius 2 is 1.50 bits per heavy atom. The van der Waals surface area contributed by atoms with Crippen molar-refractivity contribution in [1.82, 2.24) is 21.3 Å². The van der Waals surface area contributed by atoms with E-state index in [1.807, 2.05) is 0 Å². The number of hydrogen-bond donors (Lipinski definition) is 9. The Labute approximate surface area is 195 Å². The van der Waals surface area contributed by atoms with Gasteiger partial charge in [-0.3, -0.25) is 33.8 Å². The number of carbonyl (C=O) groups is 6. The van der Waals surface area contributed by atoms with Gasteiger partial charge in [0.1, 0.15) is 18.1 Å². The average Bonchev–Trinajstić information content (AvgIpc) is 2.74. The van der Waals surface area contributed by atoms with Gasteiger partial charge in [0.15, 0.2) is 5.96 Å². The molecule has 0 saturated carbocycles. The number of nitrogens with zero attached hydrogens (tertiary/aromatic N) is 1. The first-order chi connectivity index (χ1) is 15.9. The van der Waals surface area contributed by atoms with Crippen LogP contribution in [-0.4, -0.2) is 89.5 Å². The number of aliphatic imine (C=N–C) groups is 1. The predicted octanol–water partition coefficient (Wildman–Crippen LogP) is -5.03. The summed E-state index contributed by atoms with van der Waals surface area (Å²) in [5, 5.41) is 27.0. The number of carboxylic acids is 1. The van der Waals surface area contributed by atoms with E-state index in [0.717, 1.165) is 0 Å². The lowest BCUT2D eigenvalue weighted by Gasteiger charge is -2.21. The van der Waals surface area contributed by atoms with Crippen molar-refractivity contribution >= 4 is 41.5 Å². The second-order valence-corrected chi connectivity index (χ2v) is 7.12. The number of aliphatic hydroxyl groups is 1. The minimum atomic E-state index is -1.44. The number of guanidine groups is 1. The Balaban J connectivity index is 5.02. The molecule has 0 aliphatic heterocycles. The molecule has 0 aliphatic carbocycles. The molecule has 16 nitrogen and oxygen atoms in total. The number of amides is 5. The molecule has 0 unspecified atom stereocenters. The molecule has 34 heavy (non-hydrogen) atoms. The number of hydrogen-bond acceptors (Lipinski definition) is 8. The van der Waals surface area contributed by atoms with Crippen molar-refractivity contribution in [2.45, 2.75) is 50.7 Å². The zero-order valence-corrected chi connectivity index (χ0v) is 18.7. The quantitative estimate of drug-likeness (QED) is 0.0566. The molecule has 0 saturated heterocycles. The molecular weight excluding hydrogens is 456 g/mol. The van der Waals surface area contributed by atoms with Gasteiger partial charge >= 0.3 is 5.97 Å². The third kappa shape index (κ3) is 13.5. The maximum Gasteiger partial charge on any atom is 0.303 e. The van der Waals surface area contributed by atoms with E-state index in [1.165, 1.54) is 6.92 Å². The van der Waals surface area contributed by atoms with Crippen LogP contribution < -0.4 is 38.5 Å². The van der Waals surface area contributed by atoms with Gasteiger partial charge in [0.05, 0.1) is 13.2 Å². The third-order valence-corrected chi connectivity index (χ3v) is 4.20. The highest BCUT2D eigenvalue weighted by Gasteiger charge is 2.26. The van der Waals surface area contributed by atoms with Crippen LogP contribution in [0.3, 0.4) is 0 Å². The van der Waals surface area contributed by atoms with Crippen LogP contribution in [-0.2, 0) is 28.8 Å². The molecule has 0 radical (unpaired) electrons. The lowest BCUT2D eigenvalue weighted by molar-refractivity contribution is -0.138. The van der Waals surface area contributed by atoms with Crippen molar-refractivity contribution in [2.24, 2.45) is 22.2 Å². The van der Waals surface area contributed by atoms with Crippen molar-refractivity contribution < 1.29 is 39.0 Å². The Kier molecular flexibility index (Phi) is 14.0. The van der Waals surface area contributed by atoms with E-state index in [4.69, 9.17) is 27.4 Å². The number of carbonyl (C=O) groups excluding carboxylic acids is 5. The molecule has 0 aromatic rings. The summed E-state index contributed by atoms with van der Waals surface area (Å²) in [5.41, 5.74) is 15.5. The van der Waals surface area contributed by atoms with E-state index in [0.29, 0.717) is 6.42 Å². The van der Waals surface area contributed by atoms with E-state index in [2.05, 4.69) is 26.3 Å². The Morgan fingerprint density at radius 3 is 2.00 bits per heavy atom. The smallest absolute Gasteiger partial charge is 0.303 e. The van der Waals surface area contributed by atoms with Crippen LogP contribution in [0.25, 0.3) is 0 Å². The lowest BCUT2D eigenvalue weighted by atomic mass is 10.1. The standard InChI is InChI=1S/C18H32N8O8/c1-9(28)24-10(3-2-6-22-18(20)21)16(33)23-7-13(29)25-11(4-5-14(30)31)17(34)26-12(8-27)15(19)32/h10-12,27H,2-8H2,1H3,(H2,19,32)(H,23,33)(H,24,28)(H,25,29)(H,26,34)(H,30,31)(H4,20,21,22)/t10-,11+,12-/m0/s1. The van der Waals surface area contributed by atoms with Crippen molar-refractivity contribution in [3.63, 3.8) is 0 Å². The van der Waals surface area contributed by atoms with Crippen LogP contribution in [0.1, 0.15) is 32.6 Å². The molecule has 0 heterocycles. The highest BCUT2D eigenvalue weighted by molar-refractivity contribution is 5.94. The van der Waals surface area contributed by atoms with Gasteiger partial charge in [-0.05, 0) is 19.3 Å². The van der Waals surface area contributed by atoms with Crippen LogP contribution in [0, 0.1) is 0 Å². The van der Waals surface area contributed by atoms with E-state index >= 15 is 0 Å². The van der Waals surface area contributed by atoms with Gasteiger partial charge in [-0.25, -0.2) is 0 Å². The number of primary amides is 1. The molecule has 0 bridgehead atoms. The van der Waals surface area contributed by atoms with Crippen molar-refractivity contribution in [1.29, 1.82) is 0 Å². The van der Waals surface area contributed by atoms with Crippen molar-refractivity contribution in [2.75, 3.05) is 19.7 Å². The topological polar surface area (TPSA) is 281 Å². The molecular formula is C18H32N8O8. The summed E-state index contributed by atoms with van der Waals surface area (Å²) in [6.45, 7) is 0.0243. The lowest BCUT2D eigenvalue weighted by Crippen LogP contribution is -2.55. The summed E-state index contributed by atoms with van der Waals surface area (Å²) in [4.78, 5) is 74.1. The molecule has 0 aliphatic rings. The summed E-state index contributed by atoms with van der Waals surface area (Å²) in [6.07, 6.45) is -0.308. The fourth-order valence-electron chi connectivity index (χ4n) is 2.57. The summed E-state index contributed by atoms with van der Waals surface area (Å²) < 4.78 is 0. The zero-order valence-electron chi connectivity index (χ0n) is 18.7. The normalized spacial score (nSPS) is 12.9. The summed E-state index contributed by atoms with van der Waals surface area (Å²) >= 11 is 0. The van der Waals surface area contributed by atoms with Gasteiger partial charge in [0.25, 0.3) is 0 Å². The van der Waals surface area contributed by atoms with Gasteiger partial charge in [-0.15, -0.1) is 0 Å². The molecule has 5 amide bonds. The SMILES string of the molecule is CC(=O)N[C@@H](CCCN=C(N)N)C(=O)NCC(=O)N[C@H](CCC(=O)O)C(=O)N[C@@H](CO)C(N)=O. The number of rotatable bonds is 16. The minimum absolute atomic E-state index is 0.125. The molecule has 12 N–H and O–H groups in total. The first-order valence-corrected chi connectivity index (χ1v) is 10.2. The van der Waals surface area contributed by atoms with Gasteiger partial charge in [-0.2, -0.15) is 0 Å². The zero-order chi connectivity index (χ0) is 26.3. The van der Waals surface area contributed by atoms with E-state index in [-0.39, 0.29) is 25.3 Å². The second kappa shape index (κ2) is 15.8. The molecule has 0 fully saturated rings. The van der Waals surface area contributed by atoms with Gasteiger partial charge in [0.2, 0.25) is 29.5 Å². The molecule has 0 spiro atoms. The molecule has 16 heteroatoms. The Hall–Kier alpha value is -3.95. The molecule has 192 valence electrons. The Morgan fingerprint density at radius 1 is 0.882 bits per heavy atom. The monoisotopic (exact) mass is 488 g/mol. The number of aliphatic hydroxyl groups excluding tert-OH is 1. The van der Waals surface area contributed by atoms with Crippen molar-refractivity contribution in [3.8, 4) is 0 Å². The number of nitrogens with one attached hydrogen (secondary N) is 4. The molecule has 0 aromatic carbocycles. The van der Waals surface area contributed by atoms with E-state index in [9.17, 15) is 28.8 Å². The maximum absolute atomic E-state index is 12.4. The second-order valence-electron chi connectivity index (χ2n) is 7.12. The van der Waals surface area contributed by atoms with Crippen molar-refractivity contribution in [3.05, 3.63) is 0 Å². The van der Waals surface area contributed by atoms with E-state index < -0.39 is 73.2 Å². The minimum Gasteiger partial charge on any atom is -0.481 e. The highest BCUT2D eigenvalue weighted by atomic mass is 16.4. The molecule has 3 atom stereocenters. The van der Waals surface area contributed by atoms with Crippen LogP contribution in [0.5, 0.6) is 0 Å². The Bertz CT molecular complexity index is 784. The third-order valence-electron chi connectivity index (χ3n) is 4.20. The van der Waals surface area contributed by atoms with Crippen LogP contribution >= 0.6 is 0 Å². The first kappa shape index (κ1) is 30.1. The summed E-state index contributed by atoms with van der Waals surface area (Å²) in [6, 6.07) is -3.81. The van der Waals surface area contributed by atoms with E-state index in [1.54, 1.807) is 0 Å². The first-order valence-electron chi connectivity index (χ1n) is 10.2. The average molecular weight is 489 g/mol. The molecule has 0 aromatic heterocycles. The molecule has 0 rings (SSSR count). The van der Waals surface area contributed by atoms with Gasteiger partial charge < -0.3 is 48.7 Å². The summed E-state index contributed by atoms with van der Waals surface area (Å²) in [7, 11) is 0. The number of aliphatic carboxylic acids is 1. The number of carboxylic acid groups (broad SMARTS) is 1. The van der Waals surface area contributed by atoms with Gasteiger partial charge in [0, 0.05) is 19.9 Å². The summed E-state index contributed by atoms with van der Waals surface area (Å²) in [5.74, 6) is -5.36. The van der Waals surface area contributed by atoms with Crippen LogP contribution in [0.2, 0.25) is 0 Å². The van der Waals surface area contributed by atoms with Crippen LogP contribution in [0.15, 0.2) is 4.99 Å². The fourth-order valence-corrected chi connectivity index (χ4v) is 2.57. The predicted molar refractivity (Wildman–Crippen MR) is 118 cm³/mol. The van der Waals surface area contributed by atoms with Crippen LogP contribution in [0.4, 0.5) is 0 Å². The largest absolute Gasteiger partial charge is 0.481 e. The fraction of sp³-hybridized carbons (Fsp3) is 0.611. The highest BCUT2D eigenvalue weighted by Crippen LogP contribution is 2.01. The maximum atomic E-state index is 12.4.